The van der Waals surface area contributed by atoms with E-state index in [1.165, 1.54) is 12.1 Å². The number of carbonyl (C=O) groups is 1. The van der Waals surface area contributed by atoms with Crippen LogP contribution in [0.3, 0.4) is 0 Å². The maximum Gasteiger partial charge on any atom is 0.261 e. The third-order valence-corrected chi connectivity index (χ3v) is 5.46. The highest BCUT2D eigenvalue weighted by Crippen LogP contribution is 2.52. The summed E-state index contributed by atoms with van der Waals surface area (Å²) in [6.45, 7) is 7.82. The Bertz CT molecular complexity index is 695. The van der Waals surface area contributed by atoms with Gasteiger partial charge in [-0.15, -0.1) is 0 Å². The number of rotatable bonds is 4. The summed E-state index contributed by atoms with van der Waals surface area (Å²) in [5, 5.41) is 2.95. The van der Waals surface area contributed by atoms with Crippen molar-refractivity contribution < 1.29 is 13.2 Å². The first-order valence-electron chi connectivity index (χ1n) is 6.95. The van der Waals surface area contributed by atoms with Gasteiger partial charge in [-0.05, 0) is 48.4 Å². The monoisotopic (exact) mass is 329 g/mol. The Morgan fingerprint density at radius 1 is 1.43 bits per heavy atom. The molecule has 6 heteroatoms. The first-order chi connectivity index (χ1) is 9.56. The van der Waals surface area contributed by atoms with Crippen LogP contribution >= 0.6 is 10.7 Å². The minimum Gasteiger partial charge on any atom is -0.325 e. The SMILES string of the molecule is CCc1cc(S(=O)(=O)Cl)cc(C)c1NC(=O)C1CC1(C)C. The van der Waals surface area contributed by atoms with E-state index in [1.54, 1.807) is 6.92 Å². The number of benzene rings is 1. The van der Waals surface area contributed by atoms with E-state index in [9.17, 15) is 13.2 Å². The standard InChI is InChI=1S/C15H20ClNO3S/c1-5-10-7-11(21(16,19)20)6-9(2)13(10)17-14(18)12-8-15(12,3)4/h6-7,12H,5,8H2,1-4H3,(H,17,18). The van der Waals surface area contributed by atoms with Gasteiger partial charge in [0, 0.05) is 22.3 Å². The average Bonchev–Trinajstić information content (AvgIpc) is 2.99. The second kappa shape index (κ2) is 5.29. The molecule has 116 valence electrons. The molecule has 1 aromatic carbocycles. The topological polar surface area (TPSA) is 63.2 Å². The van der Waals surface area contributed by atoms with Crippen LogP contribution in [0.5, 0.6) is 0 Å². The summed E-state index contributed by atoms with van der Waals surface area (Å²) < 4.78 is 22.9. The molecule has 1 aliphatic rings. The highest BCUT2D eigenvalue weighted by molar-refractivity contribution is 8.13. The predicted molar refractivity (Wildman–Crippen MR) is 84.1 cm³/mol. The van der Waals surface area contributed by atoms with Gasteiger partial charge in [0.1, 0.15) is 0 Å². The van der Waals surface area contributed by atoms with Crippen LogP contribution in [0.4, 0.5) is 5.69 Å². The number of amides is 1. The van der Waals surface area contributed by atoms with Crippen molar-refractivity contribution in [1.82, 2.24) is 0 Å². The highest BCUT2D eigenvalue weighted by Gasteiger charge is 2.50. The zero-order valence-electron chi connectivity index (χ0n) is 12.7. The Morgan fingerprint density at radius 2 is 2.00 bits per heavy atom. The summed E-state index contributed by atoms with van der Waals surface area (Å²) in [5.74, 6) is 0.0253. The summed E-state index contributed by atoms with van der Waals surface area (Å²) in [5.41, 5.74) is 2.25. The third kappa shape index (κ3) is 3.40. The summed E-state index contributed by atoms with van der Waals surface area (Å²) in [4.78, 5) is 12.3. The van der Waals surface area contributed by atoms with Crippen molar-refractivity contribution in [3.63, 3.8) is 0 Å². The fraction of sp³-hybridized carbons (Fsp3) is 0.533. The van der Waals surface area contributed by atoms with E-state index in [1.807, 2.05) is 6.92 Å². The van der Waals surface area contributed by atoms with Crippen LogP contribution in [0.1, 0.15) is 38.3 Å². The van der Waals surface area contributed by atoms with Crippen LogP contribution in [0.2, 0.25) is 0 Å². The molecule has 2 rings (SSSR count). The lowest BCUT2D eigenvalue weighted by molar-refractivity contribution is -0.118. The molecule has 1 aliphatic carbocycles. The lowest BCUT2D eigenvalue weighted by Gasteiger charge is -2.15. The second-order valence-corrected chi connectivity index (χ2v) is 8.87. The van der Waals surface area contributed by atoms with Crippen molar-refractivity contribution in [3.8, 4) is 0 Å². The second-order valence-electron chi connectivity index (χ2n) is 6.30. The number of aryl methyl sites for hydroxylation is 2. The molecule has 1 atom stereocenters. The lowest BCUT2D eigenvalue weighted by atomic mass is 10.0. The van der Waals surface area contributed by atoms with Crippen molar-refractivity contribution in [2.24, 2.45) is 11.3 Å². The molecule has 0 saturated heterocycles. The van der Waals surface area contributed by atoms with Gasteiger partial charge in [0.2, 0.25) is 5.91 Å². The minimum atomic E-state index is -3.77. The lowest BCUT2D eigenvalue weighted by Crippen LogP contribution is -2.18. The molecular weight excluding hydrogens is 310 g/mol. The molecular formula is C15H20ClNO3S. The minimum absolute atomic E-state index is 0.000666. The predicted octanol–water partition coefficient (Wildman–Crippen LogP) is 3.47. The molecule has 1 unspecified atom stereocenters. The fourth-order valence-electron chi connectivity index (χ4n) is 2.55. The zero-order chi connectivity index (χ0) is 16.0. The van der Waals surface area contributed by atoms with Gasteiger partial charge in [0.05, 0.1) is 4.90 Å². The normalized spacial score (nSPS) is 20.1. The van der Waals surface area contributed by atoms with E-state index in [0.29, 0.717) is 17.7 Å². The van der Waals surface area contributed by atoms with E-state index in [-0.39, 0.29) is 22.1 Å². The summed E-state index contributed by atoms with van der Waals surface area (Å²) >= 11 is 0. The molecule has 0 aromatic heterocycles. The maximum absolute atomic E-state index is 12.2. The van der Waals surface area contributed by atoms with Crippen LogP contribution in [0.15, 0.2) is 17.0 Å². The van der Waals surface area contributed by atoms with Crippen molar-refractivity contribution in [1.29, 1.82) is 0 Å². The number of halogens is 1. The van der Waals surface area contributed by atoms with Gasteiger partial charge in [0.15, 0.2) is 0 Å². The van der Waals surface area contributed by atoms with Crippen molar-refractivity contribution in [3.05, 3.63) is 23.3 Å². The molecule has 21 heavy (non-hydrogen) atoms. The highest BCUT2D eigenvalue weighted by atomic mass is 35.7. The Hall–Kier alpha value is -1.07. The Balaban J connectivity index is 2.34. The van der Waals surface area contributed by atoms with Crippen molar-refractivity contribution >= 4 is 31.3 Å². The van der Waals surface area contributed by atoms with Crippen molar-refractivity contribution in [2.75, 3.05) is 5.32 Å². The van der Waals surface area contributed by atoms with Gasteiger partial charge in [-0.3, -0.25) is 4.79 Å². The van der Waals surface area contributed by atoms with Gasteiger partial charge in [-0.25, -0.2) is 8.42 Å². The third-order valence-electron chi connectivity index (χ3n) is 4.13. The van der Waals surface area contributed by atoms with Crippen LogP contribution in [0, 0.1) is 18.3 Å². The summed E-state index contributed by atoms with van der Waals surface area (Å²) in [6, 6.07) is 3.03. The van der Waals surface area contributed by atoms with Gasteiger partial charge < -0.3 is 5.32 Å². The molecule has 1 fully saturated rings. The first-order valence-corrected chi connectivity index (χ1v) is 9.26. The Kier molecular flexibility index (Phi) is 4.10. The molecule has 1 aromatic rings. The van der Waals surface area contributed by atoms with E-state index in [4.69, 9.17) is 10.7 Å². The van der Waals surface area contributed by atoms with Crippen molar-refractivity contribution in [2.45, 2.75) is 45.4 Å². The number of hydrogen-bond donors (Lipinski definition) is 1. The zero-order valence-corrected chi connectivity index (χ0v) is 14.2. The first kappa shape index (κ1) is 16.3. The van der Waals surface area contributed by atoms with Gasteiger partial charge in [-0.2, -0.15) is 0 Å². The molecule has 4 nitrogen and oxygen atoms in total. The number of carbonyl (C=O) groups excluding carboxylic acids is 1. The van der Waals surface area contributed by atoms with Crippen LogP contribution in [-0.4, -0.2) is 14.3 Å². The van der Waals surface area contributed by atoms with E-state index in [2.05, 4.69) is 19.2 Å². The molecule has 0 aliphatic heterocycles. The van der Waals surface area contributed by atoms with E-state index < -0.39 is 9.05 Å². The van der Waals surface area contributed by atoms with Crippen LogP contribution in [0.25, 0.3) is 0 Å². The quantitative estimate of drug-likeness (QED) is 0.860. The number of nitrogens with one attached hydrogen (secondary N) is 1. The van der Waals surface area contributed by atoms with Crippen LogP contribution < -0.4 is 5.32 Å². The van der Waals surface area contributed by atoms with Gasteiger partial charge in [-0.1, -0.05) is 20.8 Å². The molecule has 1 N–H and O–H groups in total. The number of hydrogen-bond acceptors (Lipinski definition) is 3. The molecule has 0 heterocycles. The molecule has 0 radical (unpaired) electrons. The smallest absolute Gasteiger partial charge is 0.261 e. The molecule has 0 bridgehead atoms. The van der Waals surface area contributed by atoms with Gasteiger partial charge in [0.25, 0.3) is 9.05 Å². The van der Waals surface area contributed by atoms with E-state index >= 15 is 0 Å². The molecule has 1 saturated carbocycles. The van der Waals surface area contributed by atoms with Crippen LogP contribution in [-0.2, 0) is 20.3 Å². The summed E-state index contributed by atoms with van der Waals surface area (Å²) in [6.07, 6.45) is 1.50. The summed E-state index contributed by atoms with van der Waals surface area (Å²) in [7, 11) is 1.63. The maximum atomic E-state index is 12.2. The molecule has 1 amide bonds. The number of anilines is 1. The van der Waals surface area contributed by atoms with E-state index in [0.717, 1.165) is 12.0 Å². The molecule has 0 spiro atoms. The largest absolute Gasteiger partial charge is 0.325 e. The Morgan fingerprint density at radius 3 is 2.43 bits per heavy atom. The fourth-order valence-corrected chi connectivity index (χ4v) is 3.42. The Labute approximate surface area is 130 Å². The van der Waals surface area contributed by atoms with Gasteiger partial charge >= 0.3 is 0 Å². The average molecular weight is 330 g/mol.